The molecule has 5 heteroatoms. The van der Waals surface area contributed by atoms with Gasteiger partial charge in [0.2, 0.25) is 0 Å². The topological polar surface area (TPSA) is 44.0 Å². The van der Waals surface area contributed by atoms with E-state index in [4.69, 9.17) is 0 Å². The van der Waals surface area contributed by atoms with Crippen molar-refractivity contribution >= 4 is 53.3 Å². The van der Waals surface area contributed by atoms with E-state index in [0.717, 1.165) is 17.8 Å². The molecule has 0 aliphatic carbocycles. The lowest BCUT2D eigenvalue weighted by molar-refractivity contribution is -0.0400. The highest BCUT2D eigenvalue weighted by molar-refractivity contribution is 7.25. The molecular weight excluding hydrogens is 569 g/mol. The molecule has 0 saturated carbocycles. The Hall–Kier alpha value is -5.25. The molecule has 1 N–H and O–H groups in total. The van der Waals surface area contributed by atoms with E-state index >= 15 is 0 Å². The Morgan fingerprint density at radius 3 is 2.20 bits per heavy atom. The molecule has 1 aliphatic heterocycles. The van der Waals surface area contributed by atoms with Crippen molar-refractivity contribution in [3.8, 4) is 11.8 Å². The molecule has 8 aromatic rings. The fraction of sp³-hybridized carbons (Fsp3) is 0.0750. The first kappa shape index (κ1) is 26.2. The SMILES string of the molecule is N#Cc1ccc([C@H]2NC(c3cccc(-n4c5ccccc5c5cc6sc7ccccc7c6cc54)c3)N2Cc2ccccc2)cc1. The van der Waals surface area contributed by atoms with Crippen molar-refractivity contribution in [3.63, 3.8) is 0 Å². The fourth-order valence-electron chi connectivity index (χ4n) is 7.00. The maximum atomic E-state index is 9.32. The predicted octanol–water partition coefficient (Wildman–Crippen LogP) is 9.83. The molecule has 2 aromatic heterocycles. The van der Waals surface area contributed by atoms with Gasteiger partial charge in [-0.3, -0.25) is 10.2 Å². The number of hydrogen-bond donors (Lipinski definition) is 1. The molecule has 6 aromatic carbocycles. The van der Waals surface area contributed by atoms with Crippen molar-refractivity contribution < 1.29 is 0 Å². The van der Waals surface area contributed by atoms with Crippen molar-refractivity contribution in [3.05, 3.63) is 162 Å². The van der Waals surface area contributed by atoms with Crippen LogP contribution < -0.4 is 5.32 Å². The zero-order valence-electron chi connectivity index (χ0n) is 24.4. The maximum Gasteiger partial charge on any atom is 0.0991 e. The summed E-state index contributed by atoms with van der Waals surface area (Å²) in [6.45, 7) is 0.812. The Kier molecular flexibility index (Phi) is 6.07. The summed E-state index contributed by atoms with van der Waals surface area (Å²) in [6.07, 6.45) is 0.103. The molecule has 0 bridgehead atoms. The summed E-state index contributed by atoms with van der Waals surface area (Å²) in [5.74, 6) is 0. The van der Waals surface area contributed by atoms with Crippen molar-refractivity contribution in [1.82, 2.24) is 14.8 Å². The van der Waals surface area contributed by atoms with Gasteiger partial charge in [0.15, 0.2) is 0 Å². The lowest BCUT2D eigenvalue weighted by atomic mass is 9.98. The lowest BCUT2D eigenvalue weighted by Gasteiger charge is -2.50. The van der Waals surface area contributed by atoms with Crippen LogP contribution >= 0.6 is 11.3 Å². The normalized spacial score (nSPS) is 16.8. The van der Waals surface area contributed by atoms with E-state index in [1.54, 1.807) is 0 Å². The van der Waals surface area contributed by atoms with Crippen molar-refractivity contribution in [1.29, 1.82) is 5.26 Å². The summed E-state index contributed by atoms with van der Waals surface area (Å²) in [5.41, 5.74) is 7.92. The highest BCUT2D eigenvalue weighted by Gasteiger charge is 2.39. The van der Waals surface area contributed by atoms with Crippen LogP contribution in [-0.2, 0) is 6.54 Å². The van der Waals surface area contributed by atoms with Crippen LogP contribution in [0.3, 0.4) is 0 Å². The standard InChI is InChI=1S/C40H28N4S/c41-24-26-17-19-28(20-18-26)39-42-40(43(39)25-27-9-2-1-3-10-27)29-11-8-12-30(21-29)44-35-15-6-4-13-31(35)33-23-38-34(22-36(33)44)32-14-5-7-16-37(32)45-38/h1-23,39-40,42H,25H2/t39-,40?/m0/s1. The Labute approximate surface area is 265 Å². The van der Waals surface area contributed by atoms with E-state index < -0.39 is 0 Å². The van der Waals surface area contributed by atoms with Crippen molar-refractivity contribution in [2.75, 3.05) is 0 Å². The number of thiophene rings is 1. The number of nitriles is 1. The van der Waals surface area contributed by atoms with Crippen LogP contribution in [-0.4, -0.2) is 9.47 Å². The smallest absolute Gasteiger partial charge is 0.0991 e. The van der Waals surface area contributed by atoms with Crippen LogP contribution in [0.25, 0.3) is 47.7 Å². The number of para-hydroxylation sites is 1. The van der Waals surface area contributed by atoms with Gasteiger partial charge in [0.25, 0.3) is 0 Å². The first-order valence-electron chi connectivity index (χ1n) is 15.3. The monoisotopic (exact) mass is 596 g/mol. The molecule has 214 valence electrons. The molecule has 1 unspecified atom stereocenters. The molecular formula is C40H28N4S. The minimum atomic E-state index is 0.0476. The van der Waals surface area contributed by atoms with Gasteiger partial charge in [-0.25, -0.2) is 0 Å². The second kappa shape index (κ2) is 10.4. The summed E-state index contributed by atoms with van der Waals surface area (Å²) in [5, 5.41) is 18.3. The van der Waals surface area contributed by atoms with Gasteiger partial charge in [-0.2, -0.15) is 5.26 Å². The van der Waals surface area contributed by atoms with Crippen molar-refractivity contribution in [2.45, 2.75) is 18.9 Å². The molecule has 0 amide bonds. The Bertz CT molecular complexity index is 2410. The average molecular weight is 597 g/mol. The largest absolute Gasteiger partial charge is 0.309 e. The number of rotatable bonds is 5. The summed E-state index contributed by atoms with van der Waals surface area (Å²) in [4.78, 5) is 2.50. The summed E-state index contributed by atoms with van der Waals surface area (Å²) in [6, 6.07) is 52.0. The fourth-order valence-corrected chi connectivity index (χ4v) is 8.13. The maximum absolute atomic E-state index is 9.32. The van der Waals surface area contributed by atoms with Gasteiger partial charge in [-0.15, -0.1) is 11.3 Å². The molecule has 1 fully saturated rings. The molecule has 1 aliphatic rings. The number of benzene rings is 6. The van der Waals surface area contributed by atoms with Gasteiger partial charge in [0.05, 0.1) is 35.0 Å². The Morgan fingerprint density at radius 1 is 0.600 bits per heavy atom. The molecule has 0 radical (unpaired) electrons. The van der Waals surface area contributed by atoms with E-state index in [1.807, 2.05) is 23.5 Å². The second-order valence-corrected chi connectivity index (χ2v) is 12.9. The van der Waals surface area contributed by atoms with Crippen LogP contribution in [0.15, 0.2) is 140 Å². The third-order valence-electron chi connectivity index (χ3n) is 9.16. The minimum Gasteiger partial charge on any atom is -0.309 e. The number of nitrogens with one attached hydrogen (secondary N) is 1. The van der Waals surface area contributed by atoms with Crippen LogP contribution in [0.2, 0.25) is 0 Å². The number of hydrogen-bond acceptors (Lipinski definition) is 4. The quantitative estimate of drug-likeness (QED) is 0.215. The number of aromatic nitrogens is 1. The molecule has 0 spiro atoms. The highest BCUT2D eigenvalue weighted by atomic mass is 32.1. The second-order valence-electron chi connectivity index (χ2n) is 11.8. The molecule has 4 nitrogen and oxygen atoms in total. The highest BCUT2D eigenvalue weighted by Crippen LogP contribution is 2.43. The molecule has 3 heterocycles. The van der Waals surface area contributed by atoms with Gasteiger partial charge < -0.3 is 4.57 Å². The Morgan fingerprint density at radius 2 is 1.36 bits per heavy atom. The molecule has 1 saturated heterocycles. The predicted molar refractivity (Wildman–Crippen MR) is 185 cm³/mol. The number of fused-ring (bicyclic) bond motifs is 6. The van der Waals surface area contributed by atoms with Gasteiger partial charge in [0, 0.05) is 43.2 Å². The Balaban J connectivity index is 1.16. The van der Waals surface area contributed by atoms with E-state index in [0.29, 0.717) is 5.56 Å². The van der Waals surface area contributed by atoms with E-state index in [1.165, 1.54) is 53.1 Å². The van der Waals surface area contributed by atoms with Gasteiger partial charge >= 0.3 is 0 Å². The third-order valence-corrected chi connectivity index (χ3v) is 10.3. The lowest BCUT2D eigenvalue weighted by Crippen LogP contribution is -2.56. The van der Waals surface area contributed by atoms with E-state index in [2.05, 4.69) is 148 Å². The first-order chi connectivity index (χ1) is 22.2. The van der Waals surface area contributed by atoms with Crippen LogP contribution in [0.1, 0.15) is 34.6 Å². The minimum absolute atomic E-state index is 0.0476. The van der Waals surface area contributed by atoms with Crippen molar-refractivity contribution in [2.24, 2.45) is 0 Å². The van der Waals surface area contributed by atoms with Crippen LogP contribution in [0, 0.1) is 11.3 Å². The van der Waals surface area contributed by atoms with Crippen LogP contribution in [0.5, 0.6) is 0 Å². The molecule has 45 heavy (non-hydrogen) atoms. The van der Waals surface area contributed by atoms with E-state index in [-0.39, 0.29) is 12.3 Å². The average Bonchev–Trinajstić information content (AvgIpc) is 3.61. The van der Waals surface area contributed by atoms with Gasteiger partial charge in [-0.1, -0.05) is 91.0 Å². The zero-order chi connectivity index (χ0) is 29.9. The van der Waals surface area contributed by atoms with Crippen LogP contribution in [0.4, 0.5) is 0 Å². The molecule has 9 rings (SSSR count). The van der Waals surface area contributed by atoms with Gasteiger partial charge in [-0.05, 0) is 65.2 Å². The van der Waals surface area contributed by atoms with Gasteiger partial charge in [0.1, 0.15) is 0 Å². The number of nitrogens with zero attached hydrogens (tertiary/aromatic N) is 3. The third kappa shape index (κ3) is 4.27. The zero-order valence-corrected chi connectivity index (χ0v) is 25.2. The van der Waals surface area contributed by atoms with E-state index in [9.17, 15) is 5.26 Å². The summed E-state index contributed by atoms with van der Waals surface area (Å²) in [7, 11) is 0. The summed E-state index contributed by atoms with van der Waals surface area (Å²) < 4.78 is 5.08. The molecule has 2 atom stereocenters. The summed E-state index contributed by atoms with van der Waals surface area (Å²) >= 11 is 1.87. The first-order valence-corrected chi connectivity index (χ1v) is 16.1.